The van der Waals surface area contributed by atoms with Gasteiger partial charge in [-0.1, -0.05) is 36.4 Å². The van der Waals surface area contributed by atoms with Crippen molar-refractivity contribution in [2.24, 2.45) is 0 Å². The molecule has 0 aliphatic carbocycles. The Hall–Kier alpha value is -5.18. The van der Waals surface area contributed by atoms with E-state index in [1.807, 2.05) is 72.8 Å². The monoisotopic (exact) mass is 484 g/mol. The van der Waals surface area contributed by atoms with Crippen molar-refractivity contribution in [2.45, 2.75) is 0 Å². The Morgan fingerprint density at radius 1 is 0.595 bits per heavy atom. The summed E-state index contributed by atoms with van der Waals surface area (Å²) < 4.78 is 3.68. The number of pyridine rings is 2. The molecule has 4 heterocycles. The van der Waals surface area contributed by atoms with E-state index in [0.717, 1.165) is 27.6 Å². The Balaban J connectivity index is 1.72. The average molecular weight is 484 g/mol. The van der Waals surface area contributed by atoms with Crippen LogP contribution < -0.4 is 5.46 Å². The zero-order valence-electron chi connectivity index (χ0n) is 19.2. The van der Waals surface area contributed by atoms with E-state index in [1.54, 1.807) is 10.8 Å². The molecule has 7 rings (SSSR count). The van der Waals surface area contributed by atoms with E-state index in [2.05, 4.69) is 9.55 Å². The van der Waals surface area contributed by atoms with Gasteiger partial charge in [0.25, 0.3) is 0 Å². The van der Waals surface area contributed by atoms with E-state index < -0.39 is 23.0 Å². The maximum Gasteiger partial charge on any atom is 0.206 e. The van der Waals surface area contributed by atoms with Crippen LogP contribution in [0.15, 0.2) is 79.0 Å². The van der Waals surface area contributed by atoms with Crippen molar-refractivity contribution >= 4 is 57.3 Å². The number of nitrogens with zero attached hydrogens (tertiary/aromatic N) is 4. The summed E-state index contributed by atoms with van der Waals surface area (Å²) in [6, 6.07) is 23.0. The van der Waals surface area contributed by atoms with E-state index >= 15 is 0 Å². The number of phenolic OH excluding ortho intramolecular Hbond substituents is 4. The number of aromatic hydroxyl groups is 4. The molecular formula is C28H17BN4O4. The number of para-hydroxylation sites is 2. The van der Waals surface area contributed by atoms with Gasteiger partial charge in [0.2, 0.25) is 11.5 Å². The third-order valence-corrected chi connectivity index (χ3v) is 6.76. The molecule has 4 N–H and O–H groups in total. The van der Waals surface area contributed by atoms with Crippen molar-refractivity contribution in [1.82, 2.24) is 19.1 Å². The molecule has 2 radical (unpaired) electrons. The van der Waals surface area contributed by atoms with E-state index in [4.69, 9.17) is 12.8 Å². The Morgan fingerprint density at radius 2 is 1.27 bits per heavy atom. The SMILES string of the molecule is [B]c1c(O)c(O)c(O)c(O)c1-n1c2ccccc2c2nc3c4ncccc4n(-c4ccccc4)c3cc21. The van der Waals surface area contributed by atoms with Crippen molar-refractivity contribution < 1.29 is 20.4 Å². The molecule has 9 heteroatoms. The van der Waals surface area contributed by atoms with E-state index in [9.17, 15) is 20.4 Å². The van der Waals surface area contributed by atoms with Crippen molar-refractivity contribution in [3.63, 3.8) is 0 Å². The molecule has 4 aromatic heterocycles. The van der Waals surface area contributed by atoms with Gasteiger partial charge in [-0.15, -0.1) is 0 Å². The van der Waals surface area contributed by atoms with Gasteiger partial charge in [-0.05, 0) is 41.9 Å². The van der Waals surface area contributed by atoms with Gasteiger partial charge in [-0.25, -0.2) is 4.98 Å². The number of hydrogen-bond donors (Lipinski definition) is 4. The minimum atomic E-state index is -0.893. The van der Waals surface area contributed by atoms with E-state index in [0.29, 0.717) is 22.1 Å². The van der Waals surface area contributed by atoms with Gasteiger partial charge in [-0.2, -0.15) is 0 Å². The maximum atomic E-state index is 10.9. The molecule has 37 heavy (non-hydrogen) atoms. The molecule has 0 bridgehead atoms. The summed E-state index contributed by atoms with van der Waals surface area (Å²) in [5.41, 5.74) is 5.46. The Bertz CT molecular complexity index is 2020. The highest BCUT2D eigenvalue weighted by atomic mass is 16.3. The molecule has 176 valence electrons. The third-order valence-electron chi connectivity index (χ3n) is 6.76. The summed E-state index contributed by atoms with van der Waals surface area (Å²) in [6.45, 7) is 0. The second-order valence-corrected chi connectivity index (χ2v) is 8.78. The highest BCUT2D eigenvalue weighted by molar-refractivity contribution is 6.38. The van der Waals surface area contributed by atoms with Gasteiger partial charge in [0.1, 0.15) is 18.9 Å². The summed E-state index contributed by atoms with van der Waals surface area (Å²) >= 11 is 0. The van der Waals surface area contributed by atoms with Gasteiger partial charge >= 0.3 is 0 Å². The van der Waals surface area contributed by atoms with E-state index in [-0.39, 0.29) is 11.2 Å². The van der Waals surface area contributed by atoms with Gasteiger partial charge < -0.3 is 29.6 Å². The summed E-state index contributed by atoms with van der Waals surface area (Å²) in [5.74, 6) is -3.16. The quantitative estimate of drug-likeness (QED) is 0.165. The highest BCUT2D eigenvalue weighted by Crippen LogP contribution is 2.46. The van der Waals surface area contributed by atoms with Gasteiger partial charge in [0.15, 0.2) is 11.5 Å². The molecule has 0 spiro atoms. The van der Waals surface area contributed by atoms with Gasteiger partial charge in [-0.3, -0.25) is 4.98 Å². The van der Waals surface area contributed by atoms with Gasteiger partial charge in [0, 0.05) is 17.3 Å². The Labute approximate surface area is 210 Å². The van der Waals surface area contributed by atoms with Crippen LogP contribution in [0.1, 0.15) is 0 Å². The van der Waals surface area contributed by atoms with Crippen molar-refractivity contribution in [1.29, 1.82) is 0 Å². The second kappa shape index (κ2) is 7.41. The summed E-state index contributed by atoms with van der Waals surface area (Å²) in [4.78, 5) is 9.67. The summed E-state index contributed by atoms with van der Waals surface area (Å²) in [6.07, 6.45) is 1.73. The van der Waals surface area contributed by atoms with Crippen molar-refractivity contribution in [3.8, 4) is 34.4 Å². The van der Waals surface area contributed by atoms with Crippen LogP contribution in [-0.4, -0.2) is 47.4 Å². The minimum absolute atomic E-state index is 0.0688. The van der Waals surface area contributed by atoms with Crippen LogP contribution in [0.5, 0.6) is 23.0 Å². The first-order chi connectivity index (χ1) is 18.0. The molecule has 0 aliphatic heterocycles. The fourth-order valence-electron chi connectivity index (χ4n) is 5.12. The predicted molar refractivity (Wildman–Crippen MR) is 143 cm³/mol. The zero-order chi connectivity index (χ0) is 25.4. The molecule has 7 aromatic rings. The normalized spacial score (nSPS) is 11.8. The van der Waals surface area contributed by atoms with Crippen LogP contribution in [0, 0.1) is 0 Å². The molecule has 0 saturated carbocycles. The molecular weight excluding hydrogens is 467 g/mol. The maximum absolute atomic E-state index is 10.9. The van der Waals surface area contributed by atoms with Crippen LogP contribution in [0.25, 0.3) is 55.4 Å². The lowest BCUT2D eigenvalue weighted by atomic mass is 9.91. The Kier molecular flexibility index (Phi) is 4.23. The van der Waals surface area contributed by atoms with Crippen LogP contribution in [0.2, 0.25) is 0 Å². The number of aromatic nitrogens is 4. The second-order valence-electron chi connectivity index (χ2n) is 8.78. The van der Waals surface area contributed by atoms with Crippen LogP contribution in [0.4, 0.5) is 0 Å². The van der Waals surface area contributed by atoms with Crippen molar-refractivity contribution in [2.75, 3.05) is 0 Å². The molecule has 0 amide bonds. The molecule has 8 nitrogen and oxygen atoms in total. The third kappa shape index (κ3) is 2.73. The Morgan fingerprint density at radius 3 is 2.08 bits per heavy atom. The fourth-order valence-corrected chi connectivity index (χ4v) is 5.12. The lowest BCUT2D eigenvalue weighted by Crippen LogP contribution is -2.14. The lowest BCUT2D eigenvalue weighted by Gasteiger charge is -2.17. The zero-order valence-corrected chi connectivity index (χ0v) is 19.2. The molecule has 0 fully saturated rings. The lowest BCUT2D eigenvalue weighted by molar-refractivity contribution is 0.347. The topological polar surface area (TPSA) is 117 Å². The highest BCUT2D eigenvalue weighted by Gasteiger charge is 2.26. The smallest absolute Gasteiger partial charge is 0.206 e. The van der Waals surface area contributed by atoms with Gasteiger partial charge in [0.05, 0.1) is 33.3 Å². The number of rotatable bonds is 2. The van der Waals surface area contributed by atoms with Crippen LogP contribution in [0.3, 0.4) is 0 Å². The standard InChI is InChI=1S/C28H17BN4O4/c29-20-24(26(35)28(37)27(36)25(20)34)33-16-10-5-4-9-15(16)21-18(33)13-19-23(31-21)22-17(11-6-12-30-22)32(19)14-7-2-1-3-8-14/h1-13,34-37H. The number of hydrogen-bond acceptors (Lipinski definition) is 6. The minimum Gasteiger partial charge on any atom is -0.505 e. The first-order valence-corrected chi connectivity index (χ1v) is 11.5. The van der Waals surface area contributed by atoms with Crippen LogP contribution in [-0.2, 0) is 0 Å². The molecule has 0 unspecified atom stereocenters. The van der Waals surface area contributed by atoms with E-state index in [1.165, 1.54) is 0 Å². The van der Waals surface area contributed by atoms with Crippen LogP contribution >= 0.6 is 0 Å². The largest absolute Gasteiger partial charge is 0.505 e. The molecule has 0 aliphatic rings. The number of phenols is 4. The summed E-state index contributed by atoms with van der Waals surface area (Å²) in [5, 5.41) is 42.4. The average Bonchev–Trinajstić information content (AvgIpc) is 3.43. The summed E-state index contributed by atoms with van der Waals surface area (Å²) in [7, 11) is 6.18. The number of benzene rings is 3. The molecule has 0 atom stereocenters. The molecule has 0 saturated heterocycles. The first kappa shape index (κ1) is 21.1. The number of fused-ring (bicyclic) bond motifs is 6. The first-order valence-electron chi connectivity index (χ1n) is 11.5. The fraction of sp³-hybridized carbons (Fsp3) is 0. The molecule has 3 aromatic carbocycles. The predicted octanol–water partition coefficient (Wildman–Crippen LogP) is 4.29. The van der Waals surface area contributed by atoms with Crippen molar-refractivity contribution in [3.05, 3.63) is 79.0 Å².